The molecular formula is C11H13BrF3NO2. The number of rotatable bonds is 5. The van der Waals surface area contributed by atoms with Gasteiger partial charge >= 0.3 is 6.18 Å². The highest BCUT2D eigenvalue weighted by Gasteiger charge is 2.31. The summed E-state index contributed by atoms with van der Waals surface area (Å²) in [7, 11) is 1.43. The second-order valence-corrected chi connectivity index (χ2v) is 4.63. The predicted molar refractivity (Wildman–Crippen MR) is 65.5 cm³/mol. The normalized spacial score (nSPS) is 13.4. The first-order chi connectivity index (χ1) is 8.32. The average Bonchev–Trinajstić information content (AvgIpc) is 2.25. The highest BCUT2D eigenvalue weighted by Crippen LogP contribution is 2.33. The Labute approximate surface area is 111 Å². The van der Waals surface area contributed by atoms with Crippen molar-refractivity contribution in [2.75, 3.05) is 25.6 Å². The number of aliphatic hydroxyl groups excluding tert-OH is 1. The molecule has 0 aliphatic rings. The molecule has 3 nitrogen and oxygen atoms in total. The minimum Gasteiger partial charge on any atom is -0.389 e. The van der Waals surface area contributed by atoms with Crippen LogP contribution in [-0.4, -0.2) is 31.5 Å². The summed E-state index contributed by atoms with van der Waals surface area (Å²) < 4.78 is 42.7. The van der Waals surface area contributed by atoms with Gasteiger partial charge in [0, 0.05) is 23.8 Å². The Hall–Kier alpha value is -0.790. The molecule has 2 N–H and O–H groups in total. The van der Waals surface area contributed by atoms with E-state index in [1.54, 1.807) is 0 Å². The van der Waals surface area contributed by atoms with Crippen molar-refractivity contribution >= 4 is 21.6 Å². The third kappa shape index (κ3) is 4.83. The van der Waals surface area contributed by atoms with Crippen molar-refractivity contribution in [1.29, 1.82) is 0 Å². The number of nitrogens with one attached hydrogen (secondary N) is 1. The van der Waals surface area contributed by atoms with Crippen LogP contribution in [0.4, 0.5) is 18.9 Å². The highest BCUT2D eigenvalue weighted by atomic mass is 79.9. The van der Waals surface area contributed by atoms with E-state index in [0.717, 1.165) is 12.1 Å². The fraction of sp³-hybridized carbons (Fsp3) is 0.455. The van der Waals surface area contributed by atoms with Crippen LogP contribution in [-0.2, 0) is 10.9 Å². The van der Waals surface area contributed by atoms with E-state index in [2.05, 4.69) is 21.2 Å². The Morgan fingerprint density at radius 2 is 2.06 bits per heavy atom. The molecule has 102 valence electrons. The van der Waals surface area contributed by atoms with Gasteiger partial charge in [0.05, 0.1) is 18.3 Å². The van der Waals surface area contributed by atoms with Crippen LogP contribution >= 0.6 is 15.9 Å². The zero-order chi connectivity index (χ0) is 13.8. The van der Waals surface area contributed by atoms with Crippen LogP contribution in [0.2, 0.25) is 0 Å². The maximum Gasteiger partial charge on any atom is 0.416 e. The monoisotopic (exact) mass is 327 g/mol. The molecule has 1 unspecified atom stereocenters. The number of alkyl halides is 3. The van der Waals surface area contributed by atoms with Crippen molar-refractivity contribution in [3.8, 4) is 0 Å². The lowest BCUT2D eigenvalue weighted by atomic mass is 10.2. The predicted octanol–water partition coefficient (Wildman–Crippen LogP) is 2.89. The lowest BCUT2D eigenvalue weighted by Gasteiger charge is -2.14. The van der Waals surface area contributed by atoms with E-state index in [0.29, 0.717) is 4.47 Å². The molecule has 0 spiro atoms. The third-order valence-corrected chi connectivity index (χ3v) is 2.58. The Kier molecular flexibility index (Phi) is 5.43. The van der Waals surface area contributed by atoms with Crippen molar-refractivity contribution in [2.45, 2.75) is 12.3 Å². The van der Waals surface area contributed by atoms with Crippen LogP contribution in [0.5, 0.6) is 0 Å². The molecular weight excluding hydrogens is 315 g/mol. The van der Waals surface area contributed by atoms with E-state index in [1.165, 1.54) is 13.2 Å². The van der Waals surface area contributed by atoms with Gasteiger partial charge in [-0.2, -0.15) is 13.2 Å². The third-order valence-electron chi connectivity index (χ3n) is 2.13. The summed E-state index contributed by atoms with van der Waals surface area (Å²) in [5, 5.41) is 12.1. The van der Waals surface area contributed by atoms with Gasteiger partial charge in [0.2, 0.25) is 0 Å². The topological polar surface area (TPSA) is 41.5 Å². The van der Waals surface area contributed by atoms with Crippen molar-refractivity contribution < 1.29 is 23.0 Å². The first-order valence-corrected chi connectivity index (χ1v) is 5.91. The number of ether oxygens (including phenoxy) is 1. The average molecular weight is 328 g/mol. The number of anilines is 1. The van der Waals surface area contributed by atoms with Gasteiger partial charge in [-0.3, -0.25) is 0 Å². The van der Waals surface area contributed by atoms with Crippen molar-refractivity contribution in [2.24, 2.45) is 0 Å². The summed E-state index contributed by atoms with van der Waals surface area (Å²) in [4.78, 5) is 0. The van der Waals surface area contributed by atoms with Gasteiger partial charge in [-0.25, -0.2) is 0 Å². The second-order valence-electron chi connectivity index (χ2n) is 3.72. The van der Waals surface area contributed by atoms with Crippen molar-refractivity contribution in [3.63, 3.8) is 0 Å². The quantitative estimate of drug-likeness (QED) is 0.873. The summed E-state index contributed by atoms with van der Waals surface area (Å²) in [5.74, 6) is 0. The summed E-state index contributed by atoms with van der Waals surface area (Å²) in [6, 6.07) is 3.50. The summed E-state index contributed by atoms with van der Waals surface area (Å²) in [6.45, 7) is 0.231. The van der Waals surface area contributed by atoms with Crippen LogP contribution in [0.3, 0.4) is 0 Å². The first kappa shape index (κ1) is 15.3. The molecule has 0 aliphatic heterocycles. The number of hydrogen-bond acceptors (Lipinski definition) is 3. The molecule has 0 bridgehead atoms. The molecule has 0 heterocycles. The fourth-order valence-electron chi connectivity index (χ4n) is 1.34. The lowest BCUT2D eigenvalue weighted by molar-refractivity contribution is -0.137. The molecule has 1 atom stereocenters. The molecule has 0 fully saturated rings. The molecule has 18 heavy (non-hydrogen) atoms. The zero-order valence-corrected chi connectivity index (χ0v) is 11.2. The lowest BCUT2D eigenvalue weighted by Crippen LogP contribution is -2.24. The first-order valence-electron chi connectivity index (χ1n) is 5.11. The molecule has 0 aromatic heterocycles. The van der Waals surface area contributed by atoms with Gasteiger partial charge in [0.15, 0.2) is 0 Å². The van der Waals surface area contributed by atoms with Crippen molar-refractivity contribution in [3.05, 3.63) is 28.2 Å². The summed E-state index contributed by atoms with van der Waals surface area (Å²) in [6.07, 6.45) is -5.17. The van der Waals surface area contributed by atoms with Gasteiger partial charge < -0.3 is 15.2 Å². The molecule has 0 saturated heterocycles. The maximum absolute atomic E-state index is 12.5. The number of hydrogen-bond donors (Lipinski definition) is 2. The molecule has 0 amide bonds. The Morgan fingerprint density at radius 1 is 1.39 bits per heavy atom. The Morgan fingerprint density at radius 3 is 2.61 bits per heavy atom. The van der Waals surface area contributed by atoms with Gasteiger partial charge in [-0.15, -0.1) is 0 Å². The number of halogens is 4. The highest BCUT2D eigenvalue weighted by molar-refractivity contribution is 9.10. The van der Waals surface area contributed by atoms with Gasteiger partial charge in [-0.1, -0.05) is 15.9 Å². The van der Waals surface area contributed by atoms with E-state index >= 15 is 0 Å². The Bertz CT molecular complexity index is 398. The standard InChI is InChI=1S/C11H13BrF3NO2/c1-18-6-10(17)5-16-9-3-7(11(13,14)15)2-8(12)4-9/h2-4,10,16-17H,5-6H2,1H3. The van der Waals surface area contributed by atoms with Crippen molar-refractivity contribution in [1.82, 2.24) is 0 Å². The Balaban J connectivity index is 2.75. The second kappa shape index (κ2) is 6.40. The van der Waals surface area contributed by atoms with Gasteiger partial charge in [-0.05, 0) is 18.2 Å². The van der Waals surface area contributed by atoms with Gasteiger partial charge in [0.25, 0.3) is 0 Å². The number of benzene rings is 1. The SMILES string of the molecule is COCC(O)CNc1cc(Br)cc(C(F)(F)F)c1. The minimum atomic E-state index is -4.40. The largest absolute Gasteiger partial charge is 0.416 e. The molecule has 1 aromatic rings. The molecule has 1 rings (SSSR count). The van der Waals surface area contributed by atoms with Crippen LogP contribution in [0, 0.1) is 0 Å². The van der Waals surface area contributed by atoms with E-state index in [9.17, 15) is 18.3 Å². The molecule has 0 radical (unpaired) electrons. The maximum atomic E-state index is 12.5. The zero-order valence-electron chi connectivity index (χ0n) is 9.59. The molecule has 1 aromatic carbocycles. The summed E-state index contributed by atoms with van der Waals surface area (Å²) in [5.41, 5.74) is -0.465. The van der Waals surface area contributed by atoms with Crippen LogP contribution < -0.4 is 5.32 Å². The smallest absolute Gasteiger partial charge is 0.389 e. The number of methoxy groups -OCH3 is 1. The van der Waals surface area contributed by atoms with E-state index in [4.69, 9.17) is 4.74 Å². The molecule has 0 aliphatic carbocycles. The summed E-state index contributed by atoms with van der Waals surface area (Å²) >= 11 is 3.02. The van der Waals surface area contributed by atoms with E-state index < -0.39 is 17.8 Å². The van der Waals surface area contributed by atoms with E-state index in [-0.39, 0.29) is 18.8 Å². The van der Waals surface area contributed by atoms with E-state index in [1.807, 2.05) is 0 Å². The minimum absolute atomic E-state index is 0.113. The molecule has 7 heteroatoms. The van der Waals surface area contributed by atoms with Crippen LogP contribution in [0.1, 0.15) is 5.56 Å². The molecule has 0 saturated carbocycles. The fourth-order valence-corrected chi connectivity index (χ4v) is 1.84. The van der Waals surface area contributed by atoms with Crippen LogP contribution in [0.25, 0.3) is 0 Å². The van der Waals surface area contributed by atoms with Crippen LogP contribution in [0.15, 0.2) is 22.7 Å². The number of aliphatic hydroxyl groups is 1. The van der Waals surface area contributed by atoms with Gasteiger partial charge in [0.1, 0.15) is 0 Å².